The second kappa shape index (κ2) is 8.86. The standard InChI is InChI=1S/C19H26N4OS2/c1-4-15-5-7-16(8-6-15)20-18-21-22-19(26-18)25-12-17(24)23-10-13(2)9-14(3)11-23/h5-8,13-14H,4,9-12H2,1-3H3,(H,20,21)/t13-,14+. The Morgan fingerprint density at radius 3 is 2.58 bits per heavy atom. The minimum atomic E-state index is 0.202. The first-order valence-electron chi connectivity index (χ1n) is 9.13. The van der Waals surface area contributed by atoms with Gasteiger partial charge in [0.25, 0.3) is 0 Å². The molecule has 2 atom stereocenters. The van der Waals surface area contributed by atoms with Gasteiger partial charge in [0, 0.05) is 18.8 Å². The van der Waals surface area contributed by atoms with Crippen molar-refractivity contribution in [2.75, 3.05) is 24.2 Å². The Labute approximate surface area is 163 Å². The number of aromatic nitrogens is 2. The van der Waals surface area contributed by atoms with E-state index in [0.29, 0.717) is 17.6 Å². The molecule has 0 bridgehead atoms. The Balaban J connectivity index is 1.50. The molecule has 0 radical (unpaired) electrons. The first-order valence-corrected chi connectivity index (χ1v) is 10.9. The summed E-state index contributed by atoms with van der Waals surface area (Å²) in [6.45, 7) is 8.33. The van der Waals surface area contributed by atoms with Crippen LogP contribution in [0.25, 0.3) is 0 Å². The number of thioether (sulfide) groups is 1. The van der Waals surface area contributed by atoms with Crippen molar-refractivity contribution in [1.29, 1.82) is 0 Å². The fraction of sp³-hybridized carbons (Fsp3) is 0.526. The van der Waals surface area contributed by atoms with Crippen molar-refractivity contribution in [1.82, 2.24) is 15.1 Å². The quantitative estimate of drug-likeness (QED) is 0.739. The highest BCUT2D eigenvalue weighted by atomic mass is 32.2. The highest BCUT2D eigenvalue weighted by molar-refractivity contribution is 8.01. The van der Waals surface area contributed by atoms with Crippen molar-refractivity contribution in [2.24, 2.45) is 11.8 Å². The molecule has 1 aromatic heterocycles. The van der Waals surface area contributed by atoms with Crippen LogP contribution in [0.1, 0.15) is 32.8 Å². The molecule has 1 aliphatic heterocycles. The number of carbonyl (C=O) groups excluding carboxylic acids is 1. The summed E-state index contributed by atoms with van der Waals surface area (Å²) in [5.41, 5.74) is 2.31. The summed E-state index contributed by atoms with van der Waals surface area (Å²) >= 11 is 2.96. The number of nitrogens with one attached hydrogen (secondary N) is 1. The summed E-state index contributed by atoms with van der Waals surface area (Å²) in [6.07, 6.45) is 2.24. The molecule has 1 saturated heterocycles. The smallest absolute Gasteiger partial charge is 0.233 e. The number of carbonyl (C=O) groups is 1. The number of aryl methyl sites for hydroxylation is 1. The third-order valence-electron chi connectivity index (χ3n) is 4.56. The van der Waals surface area contributed by atoms with Crippen LogP contribution in [0.5, 0.6) is 0 Å². The van der Waals surface area contributed by atoms with Crippen molar-refractivity contribution >= 4 is 39.8 Å². The maximum atomic E-state index is 12.5. The van der Waals surface area contributed by atoms with Gasteiger partial charge in [-0.2, -0.15) is 0 Å². The van der Waals surface area contributed by atoms with Crippen molar-refractivity contribution in [3.8, 4) is 0 Å². The van der Waals surface area contributed by atoms with E-state index in [4.69, 9.17) is 0 Å². The highest BCUT2D eigenvalue weighted by Gasteiger charge is 2.25. The van der Waals surface area contributed by atoms with Crippen molar-refractivity contribution in [2.45, 2.75) is 38.0 Å². The lowest BCUT2D eigenvalue weighted by Gasteiger charge is -2.34. The molecule has 1 fully saturated rings. The number of benzene rings is 1. The number of hydrogen-bond acceptors (Lipinski definition) is 6. The fourth-order valence-corrected chi connectivity index (χ4v) is 5.02. The van der Waals surface area contributed by atoms with E-state index in [0.717, 1.165) is 34.7 Å². The Kier molecular flexibility index (Phi) is 6.53. The second-order valence-electron chi connectivity index (χ2n) is 7.08. The van der Waals surface area contributed by atoms with E-state index in [9.17, 15) is 4.79 Å². The van der Waals surface area contributed by atoms with E-state index in [2.05, 4.69) is 60.6 Å². The molecule has 140 valence electrons. The van der Waals surface area contributed by atoms with Gasteiger partial charge in [0.05, 0.1) is 5.75 Å². The molecule has 7 heteroatoms. The fourth-order valence-electron chi connectivity index (χ4n) is 3.35. The molecular formula is C19H26N4OS2. The van der Waals surface area contributed by atoms with Crippen LogP contribution < -0.4 is 5.32 Å². The number of rotatable bonds is 6. The topological polar surface area (TPSA) is 58.1 Å². The number of nitrogens with zero attached hydrogens (tertiary/aromatic N) is 3. The molecule has 26 heavy (non-hydrogen) atoms. The van der Waals surface area contributed by atoms with Crippen LogP contribution in [0.3, 0.4) is 0 Å². The Hall–Kier alpha value is -1.60. The van der Waals surface area contributed by atoms with Crippen LogP contribution in [-0.2, 0) is 11.2 Å². The molecule has 2 aromatic rings. The summed E-state index contributed by atoms with van der Waals surface area (Å²) in [7, 11) is 0. The van der Waals surface area contributed by atoms with Crippen LogP contribution in [0.15, 0.2) is 28.6 Å². The molecular weight excluding hydrogens is 364 g/mol. The van der Waals surface area contributed by atoms with Gasteiger partial charge >= 0.3 is 0 Å². The zero-order chi connectivity index (χ0) is 18.5. The molecule has 5 nitrogen and oxygen atoms in total. The lowest BCUT2D eigenvalue weighted by molar-refractivity contribution is -0.130. The molecule has 3 rings (SSSR count). The zero-order valence-electron chi connectivity index (χ0n) is 15.6. The number of amides is 1. The molecule has 1 N–H and O–H groups in total. The zero-order valence-corrected chi connectivity index (χ0v) is 17.2. The number of likely N-dealkylation sites (tertiary alicyclic amines) is 1. The predicted octanol–water partition coefficient (Wildman–Crippen LogP) is 4.44. The van der Waals surface area contributed by atoms with Gasteiger partial charge in [-0.05, 0) is 42.4 Å². The van der Waals surface area contributed by atoms with Crippen LogP contribution in [0, 0.1) is 11.8 Å². The third kappa shape index (κ3) is 5.20. The maximum Gasteiger partial charge on any atom is 0.233 e. The molecule has 0 spiro atoms. The van der Waals surface area contributed by atoms with Crippen LogP contribution in [0.4, 0.5) is 10.8 Å². The average Bonchev–Trinajstić information content (AvgIpc) is 3.07. The predicted molar refractivity (Wildman–Crippen MR) is 109 cm³/mol. The van der Waals surface area contributed by atoms with Gasteiger partial charge in [-0.25, -0.2) is 0 Å². The normalized spacial score (nSPS) is 20.2. The summed E-state index contributed by atoms with van der Waals surface area (Å²) in [5.74, 6) is 1.81. The van der Waals surface area contributed by atoms with Crippen molar-refractivity contribution in [3.05, 3.63) is 29.8 Å². The molecule has 1 aliphatic rings. The Bertz CT molecular complexity index is 721. The SMILES string of the molecule is CCc1ccc(Nc2nnc(SCC(=O)N3C[C@H](C)C[C@H](C)C3)s2)cc1. The van der Waals surface area contributed by atoms with Crippen molar-refractivity contribution < 1.29 is 4.79 Å². The maximum absolute atomic E-state index is 12.5. The first-order chi connectivity index (χ1) is 12.5. The van der Waals surface area contributed by atoms with Gasteiger partial charge in [-0.1, -0.05) is 56.0 Å². The van der Waals surface area contributed by atoms with E-state index in [-0.39, 0.29) is 5.91 Å². The van der Waals surface area contributed by atoms with Crippen LogP contribution in [-0.4, -0.2) is 39.8 Å². The van der Waals surface area contributed by atoms with E-state index >= 15 is 0 Å². The van der Waals surface area contributed by atoms with E-state index < -0.39 is 0 Å². The monoisotopic (exact) mass is 390 g/mol. The van der Waals surface area contributed by atoms with Gasteiger partial charge < -0.3 is 10.2 Å². The van der Waals surface area contributed by atoms with Crippen molar-refractivity contribution in [3.63, 3.8) is 0 Å². The number of hydrogen-bond donors (Lipinski definition) is 1. The van der Waals surface area contributed by atoms with E-state index in [1.165, 1.54) is 35.1 Å². The molecule has 0 saturated carbocycles. The number of piperidine rings is 1. The molecule has 1 amide bonds. The second-order valence-corrected chi connectivity index (χ2v) is 9.28. The summed E-state index contributed by atoms with van der Waals surface area (Å²) < 4.78 is 0.823. The molecule has 0 unspecified atom stereocenters. The number of anilines is 2. The lowest BCUT2D eigenvalue weighted by atomic mass is 9.92. The van der Waals surface area contributed by atoms with Gasteiger partial charge in [-0.3, -0.25) is 4.79 Å². The summed E-state index contributed by atoms with van der Waals surface area (Å²) in [5, 5.41) is 12.4. The summed E-state index contributed by atoms with van der Waals surface area (Å²) in [4.78, 5) is 14.5. The first kappa shape index (κ1) is 19.2. The minimum Gasteiger partial charge on any atom is -0.341 e. The van der Waals surface area contributed by atoms with Crippen LogP contribution in [0.2, 0.25) is 0 Å². The molecule has 0 aliphatic carbocycles. The lowest BCUT2D eigenvalue weighted by Crippen LogP contribution is -2.43. The summed E-state index contributed by atoms with van der Waals surface area (Å²) in [6, 6.07) is 8.32. The molecule has 1 aromatic carbocycles. The average molecular weight is 391 g/mol. The third-order valence-corrected chi connectivity index (χ3v) is 6.52. The Morgan fingerprint density at radius 2 is 1.92 bits per heavy atom. The van der Waals surface area contributed by atoms with E-state index in [1.807, 2.05) is 4.90 Å². The van der Waals surface area contributed by atoms with E-state index in [1.54, 1.807) is 0 Å². The largest absolute Gasteiger partial charge is 0.341 e. The van der Waals surface area contributed by atoms with Crippen LogP contribution >= 0.6 is 23.1 Å². The van der Waals surface area contributed by atoms with Gasteiger partial charge in [0.1, 0.15) is 0 Å². The highest BCUT2D eigenvalue weighted by Crippen LogP contribution is 2.29. The van der Waals surface area contributed by atoms with Gasteiger partial charge in [0.15, 0.2) is 4.34 Å². The molecule has 2 heterocycles. The minimum absolute atomic E-state index is 0.202. The van der Waals surface area contributed by atoms with Gasteiger partial charge in [0.2, 0.25) is 11.0 Å². The Morgan fingerprint density at radius 1 is 1.23 bits per heavy atom. The van der Waals surface area contributed by atoms with Gasteiger partial charge in [-0.15, -0.1) is 10.2 Å².